The minimum atomic E-state index is -3.44. The van der Waals surface area contributed by atoms with Gasteiger partial charge in [-0.2, -0.15) is 0 Å². The summed E-state index contributed by atoms with van der Waals surface area (Å²) < 4.78 is 29.7. The topological polar surface area (TPSA) is 110 Å². The molecule has 0 radical (unpaired) electrons. The van der Waals surface area contributed by atoms with E-state index in [1.807, 2.05) is 0 Å². The van der Waals surface area contributed by atoms with Crippen LogP contribution in [0, 0.1) is 0 Å². The lowest BCUT2D eigenvalue weighted by molar-refractivity contribution is -0.143. The third-order valence-corrected chi connectivity index (χ3v) is 3.46. The van der Waals surface area contributed by atoms with Crippen LogP contribution in [0.3, 0.4) is 0 Å². The van der Waals surface area contributed by atoms with Gasteiger partial charge < -0.3 is 9.84 Å². The first-order valence-electron chi connectivity index (χ1n) is 5.72. The minimum Gasteiger partial charge on any atom is -0.481 e. The number of esters is 1. The fourth-order valence-electron chi connectivity index (χ4n) is 1.18. The third-order valence-electron chi connectivity index (χ3n) is 1.99. The first kappa shape index (κ1) is 16.9. The fraction of sp³-hybridized carbons (Fsp3) is 0.800. The Kier molecular flexibility index (Phi) is 8.30. The summed E-state index contributed by atoms with van der Waals surface area (Å²) >= 11 is 0. The van der Waals surface area contributed by atoms with E-state index in [0.29, 0.717) is 0 Å². The molecule has 0 saturated carbocycles. The van der Waals surface area contributed by atoms with E-state index >= 15 is 0 Å². The van der Waals surface area contributed by atoms with Crippen molar-refractivity contribution >= 4 is 22.0 Å². The van der Waals surface area contributed by atoms with E-state index < -0.39 is 22.0 Å². The molecule has 0 aromatic rings. The van der Waals surface area contributed by atoms with Crippen molar-refractivity contribution in [1.82, 2.24) is 4.72 Å². The summed E-state index contributed by atoms with van der Waals surface area (Å²) in [5, 5.41) is 8.37. The van der Waals surface area contributed by atoms with Crippen LogP contribution in [-0.4, -0.2) is 44.4 Å². The quantitative estimate of drug-likeness (QED) is 0.434. The minimum absolute atomic E-state index is 0.0594. The lowest BCUT2D eigenvalue weighted by Crippen LogP contribution is -2.28. The van der Waals surface area contributed by atoms with Gasteiger partial charge in [-0.15, -0.1) is 0 Å². The lowest BCUT2D eigenvalue weighted by atomic mass is 10.3. The molecular formula is C10H19NO6S. The van der Waals surface area contributed by atoms with Crippen LogP contribution in [0.1, 0.15) is 32.6 Å². The molecule has 7 nitrogen and oxygen atoms in total. The molecule has 0 aromatic heterocycles. The molecule has 8 heteroatoms. The van der Waals surface area contributed by atoms with Gasteiger partial charge in [0.2, 0.25) is 10.0 Å². The average molecular weight is 281 g/mol. The summed E-state index contributed by atoms with van der Waals surface area (Å²) in [6, 6.07) is 0. The number of carbonyl (C=O) groups excluding carboxylic acids is 1. The fourth-order valence-corrected chi connectivity index (χ4v) is 2.30. The van der Waals surface area contributed by atoms with Gasteiger partial charge in [-0.1, -0.05) is 0 Å². The van der Waals surface area contributed by atoms with Crippen LogP contribution in [0.15, 0.2) is 0 Å². The van der Waals surface area contributed by atoms with Crippen molar-refractivity contribution in [3.63, 3.8) is 0 Å². The second kappa shape index (κ2) is 8.87. The van der Waals surface area contributed by atoms with Crippen molar-refractivity contribution in [3.05, 3.63) is 0 Å². The smallest absolute Gasteiger partial charge is 0.305 e. The Balaban J connectivity index is 3.74. The predicted molar refractivity (Wildman–Crippen MR) is 64.5 cm³/mol. The van der Waals surface area contributed by atoms with Crippen molar-refractivity contribution < 1.29 is 27.9 Å². The summed E-state index contributed by atoms with van der Waals surface area (Å²) in [7, 11) is -3.44. The Morgan fingerprint density at radius 2 is 1.89 bits per heavy atom. The van der Waals surface area contributed by atoms with Crippen LogP contribution in [0.5, 0.6) is 0 Å². The predicted octanol–water partition coefficient (Wildman–Crippen LogP) is 0.114. The van der Waals surface area contributed by atoms with E-state index in [2.05, 4.69) is 9.46 Å². The Labute approximate surface area is 107 Å². The van der Waals surface area contributed by atoms with E-state index in [1.54, 1.807) is 6.92 Å². The number of hydrogen-bond donors (Lipinski definition) is 2. The normalized spacial score (nSPS) is 11.2. The Bertz CT molecular complexity index is 365. The molecule has 0 unspecified atom stereocenters. The van der Waals surface area contributed by atoms with Gasteiger partial charge in [0.1, 0.15) is 0 Å². The number of carboxylic acids is 1. The largest absolute Gasteiger partial charge is 0.481 e. The van der Waals surface area contributed by atoms with Gasteiger partial charge in [-0.25, -0.2) is 13.1 Å². The van der Waals surface area contributed by atoms with Crippen LogP contribution in [-0.2, 0) is 24.3 Å². The van der Waals surface area contributed by atoms with E-state index in [0.717, 1.165) is 0 Å². The number of rotatable bonds is 10. The van der Waals surface area contributed by atoms with Crippen molar-refractivity contribution in [2.24, 2.45) is 0 Å². The summed E-state index contributed by atoms with van der Waals surface area (Å²) in [6.07, 6.45) is 0.411. The molecule has 0 atom stereocenters. The van der Waals surface area contributed by atoms with E-state index in [-0.39, 0.29) is 44.6 Å². The van der Waals surface area contributed by atoms with Gasteiger partial charge in [0.25, 0.3) is 0 Å². The molecule has 0 aromatic carbocycles. The van der Waals surface area contributed by atoms with Gasteiger partial charge in [0.15, 0.2) is 0 Å². The molecule has 0 aliphatic rings. The average Bonchev–Trinajstić information content (AvgIpc) is 2.24. The summed E-state index contributed by atoms with van der Waals surface area (Å²) in [4.78, 5) is 21.2. The SMILES string of the molecule is CCOC(=O)CCCS(=O)(=O)NCCCC(=O)O. The first-order chi connectivity index (χ1) is 8.37. The number of hydrogen-bond acceptors (Lipinski definition) is 5. The number of aliphatic carboxylic acids is 1. The Morgan fingerprint density at radius 1 is 1.22 bits per heavy atom. The number of carbonyl (C=O) groups is 2. The lowest BCUT2D eigenvalue weighted by Gasteiger charge is -2.05. The molecule has 0 aliphatic heterocycles. The number of nitrogens with one attached hydrogen (secondary N) is 1. The summed E-state index contributed by atoms with van der Waals surface area (Å²) in [6.45, 7) is 2.05. The van der Waals surface area contributed by atoms with E-state index in [4.69, 9.17) is 5.11 Å². The molecule has 0 rings (SSSR count). The highest BCUT2D eigenvalue weighted by molar-refractivity contribution is 7.89. The molecule has 0 heterocycles. The molecule has 0 spiro atoms. The maximum atomic E-state index is 11.4. The van der Waals surface area contributed by atoms with Gasteiger partial charge in [-0.05, 0) is 19.8 Å². The van der Waals surface area contributed by atoms with Crippen LogP contribution in [0.2, 0.25) is 0 Å². The molecule has 0 fully saturated rings. The first-order valence-corrected chi connectivity index (χ1v) is 7.37. The molecule has 2 N–H and O–H groups in total. The highest BCUT2D eigenvalue weighted by Crippen LogP contribution is 1.98. The molecule has 0 bridgehead atoms. The molecular weight excluding hydrogens is 262 g/mol. The zero-order valence-corrected chi connectivity index (χ0v) is 11.2. The van der Waals surface area contributed by atoms with Crippen molar-refractivity contribution in [3.8, 4) is 0 Å². The van der Waals surface area contributed by atoms with Gasteiger partial charge in [0.05, 0.1) is 12.4 Å². The van der Waals surface area contributed by atoms with Crippen LogP contribution < -0.4 is 4.72 Å². The molecule has 0 saturated heterocycles. The second-order valence-electron chi connectivity index (χ2n) is 3.62. The zero-order valence-electron chi connectivity index (χ0n) is 10.3. The molecule has 18 heavy (non-hydrogen) atoms. The molecule has 0 aliphatic carbocycles. The van der Waals surface area contributed by atoms with Crippen LogP contribution in [0.4, 0.5) is 0 Å². The standard InChI is InChI=1S/C10H19NO6S/c1-2-17-10(14)6-4-8-18(15,16)11-7-3-5-9(12)13/h11H,2-8H2,1H3,(H,12,13). The summed E-state index contributed by atoms with van der Waals surface area (Å²) in [5.41, 5.74) is 0. The number of ether oxygens (including phenoxy) is 1. The molecule has 106 valence electrons. The van der Waals surface area contributed by atoms with Crippen molar-refractivity contribution in [2.45, 2.75) is 32.6 Å². The van der Waals surface area contributed by atoms with Gasteiger partial charge >= 0.3 is 11.9 Å². The Hall–Kier alpha value is -1.15. The van der Waals surface area contributed by atoms with Crippen LogP contribution in [0.25, 0.3) is 0 Å². The number of carboxylic acid groups (broad SMARTS) is 1. The monoisotopic (exact) mass is 281 g/mol. The Morgan fingerprint density at radius 3 is 2.44 bits per heavy atom. The van der Waals surface area contributed by atoms with Gasteiger partial charge in [0, 0.05) is 19.4 Å². The number of sulfonamides is 1. The van der Waals surface area contributed by atoms with E-state index in [9.17, 15) is 18.0 Å². The zero-order chi connectivity index (χ0) is 14.0. The maximum absolute atomic E-state index is 11.4. The highest BCUT2D eigenvalue weighted by Gasteiger charge is 2.11. The third kappa shape index (κ3) is 10.0. The summed E-state index contributed by atoms with van der Waals surface area (Å²) in [5.74, 6) is -1.55. The van der Waals surface area contributed by atoms with Crippen molar-refractivity contribution in [2.75, 3.05) is 18.9 Å². The highest BCUT2D eigenvalue weighted by atomic mass is 32.2. The van der Waals surface area contributed by atoms with E-state index in [1.165, 1.54) is 0 Å². The molecule has 0 amide bonds. The maximum Gasteiger partial charge on any atom is 0.305 e. The van der Waals surface area contributed by atoms with Crippen LogP contribution >= 0.6 is 0 Å². The second-order valence-corrected chi connectivity index (χ2v) is 5.55. The van der Waals surface area contributed by atoms with Gasteiger partial charge in [-0.3, -0.25) is 9.59 Å². The van der Waals surface area contributed by atoms with Crippen molar-refractivity contribution in [1.29, 1.82) is 0 Å².